The Balaban J connectivity index is 2.08. The van der Waals surface area contributed by atoms with Gasteiger partial charge in [-0.25, -0.2) is 4.98 Å². The summed E-state index contributed by atoms with van der Waals surface area (Å²) < 4.78 is 0. The van der Waals surface area contributed by atoms with Crippen molar-refractivity contribution in [1.82, 2.24) is 4.98 Å². The fraction of sp³-hybridized carbons (Fsp3) is 0.615. The maximum atomic E-state index is 6.17. The first kappa shape index (κ1) is 14.2. The first-order valence-electron chi connectivity index (χ1n) is 6.30. The van der Waals surface area contributed by atoms with E-state index in [0.29, 0.717) is 15.2 Å². The van der Waals surface area contributed by atoms with Crippen molar-refractivity contribution in [2.24, 2.45) is 5.92 Å². The number of rotatable bonds is 3. The normalized spacial score (nSPS) is 16.9. The monoisotopic (exact) mass is 306 g/mol. The molecule has 0 unspecified atom stereocenters. The summed E-state index contributed by atoms with van der Waals surface area (Å²) in [6.45, 7) is 0.977. The molecular weight excluding hydrogens is 291 g/mol. The van der Waals surface area contributed by atoms with Gasteiger partial charge in [0.1, 0.15) is 11.0 Å². The Bertz CT molecular complexity index is 417. The lowest BCUT2D eigenvalue weighted by molar-refractivity contribution is 0.361. The molecule has 0 amide bonds. The molecule has 0 N–H and O–H groups in total. The highest BCUT2D eigenvalue weighted by atomic mass is 35.5. The quantitative estimate of drug-likeness (QED) is 0.726. The van der Waals surface area contributed by atoms with Gasteiger partial charge in [-0.15, -0.1) is 0 Å². The third kappa shape index (κ3) is 3.43. The molecule has 18 heavy (non-hydrogen) atoms. The molecule has 1 aliphatic carbocycles. The van der Waals surface area contributed by atoms with Crippen LogP contribution in [0.2, 0.25) is 15.2 Å². The van der Waals surface area contributed by atoms with Gasteiger partial charge in [0.2, 0.25) is 0 Å². The third-order valence-electron chi connectivity index (χ3n) is 3.49. The molecule has 1 aliphatic rings. The molecule has 0 bridgehead atoms. The molecular formula is C13H17Cl3N2. The molecule has 1 fully saturated rings. The van der Waals surface area contributed by atoms with Gasteiger partial charge in [-0.1, -0.05) is 54.1 Å². The summed E-state index contributed by atoms with van der Waals surface area (Å²) in [7, 11) is 2.01. The number of halogens is 3. The fourth-order valence-electron chi connectivity index (χ4n) is 2.55. The van der Waals surface area contributed by atoms with E-state index in [4.69, 9.17) is 34.8 Å². The molecule has 1 aromatic rings. The smallest absolute Gasteiger partial charge is 0.150 e. The van der Waals surface area contributed by atoms with E-state index >= 15 is 0 Å². The van der Waals surface area contributed by atoms with Crippen LogP contribution in [-0.2, 0) is 0 Å². The molecule has 5 heteroatoms. The van der Waals surface area contributed by atoms with Crippen molar-refractivity contribution < 1.29 is 0 Å². The zero-order valence-corrected chi connectivity index (χ0v) is 12.7. The van der Waals surface area contributed by atoms with E-state index in [0.717, 1.165) is 18.3 Å². The predicted molar refractivity (Wildman–Crippen MR) is 79.1 cm³/mol. The Kier molecular flexibility index (Phi) is 4.99. The minimum Gasteiger partial charge on any atom is -0.358 e. The number of pyridine rings is 1. The summed E-state index contributed by atoms with van der Waals surface area (Å²) in [4.78, 5) is 6.35. The Morgan fingerprint density at radius 2 is 1.83 bits per heavy atom. The first-order valence-corrected chi connectivity index (χ1v) is 7.44. The number of hydrogen-bond acceptors (Lipinski definition) is 2. The minimum atomic E-state index is 0.312. The third-order valence-corrected chi connectivity index (χ3v) is 4.44. The highest BCUT2D eigenvalue weighted by molar-refractivity contribution is 6.42. The van der Waals surface area contributed by atoms with Crippen LogP contribution < -0.4 is 4.90 Å². The summed E-state index contributed by atoms with van der Waals surface area (Å²) in [5.41, 5.74) is 0. The van der Waals surface area contributed by atoms with Gasteiger partial charge in [0.15, 0.2) is 0 Å². The predicted octanol–water partition coefficient (Wildman–Crippen LogP) is 5.06. The van der Waals surface area contributed by atoms with Gasteiger partial charge < -0.3 is 4.90 Å². The molecule has 0 aliphatic heterocycles. The summed E-state index contributed by atoms with van der Waals surface area (Å²) in [5, 5.41) is 1.27. The summed E-state index contributed by atoms with van der Waals surface area (Å²) >= 11 is 18.0. The molecule has 100 valence electrons. The molecule has 0 atom stereocenters. The minimum absolute atomic E-state index is 0.312. The summed E-state index contributed by atoms with van der Waals surface area (Å²) in [6, 6.07) is 1.66. The molecule has 1 heterocycles. The van der Waals surface area contributed by atoms with Crippen molar-refractivity contribution in [2.75, 3.05) is 18.5 Å². The zero-order chi connectivity index (χ0) is 13.1. The second-order valence-corrected chi connectivity index (χ2v) is 6.12. The van der Waals surface area contributed by atoms with Crippen LogP contribution in [-0.4, -0.2) is 18.6 Å². The van der Waals surface area contributed by atoms with Gasteiger partial charge in [-0.05, 0) is 24.8 Å². The van der Waals surface area contributed by atoms with E-state index in [9.17, 15) is 0 Å². The van der Waals surface area contributed by atoms with Gasteiger partial charge >= 0.3 is 0 Å². The number of aromatic nitrogens is 1. The van der Waals surface area contributed by atoms with Crippen molar-refractivity contribution in [2.45, 2.75) is 32.1 Å². The van der Waals surface area contributed by atoms with Crippen LogP contribution in [0, 0.1) is 5.92 Å². The molecule has 1 saturated carbocycles. The maximum absolute atomic E-state index is 6.17. The van der Waals surface area contributed by atoms with Gasteiger partial charge in [0.25, 0.3) is 0 Å². The Hall–Kier alpha value is -0.180. The van der Waals surface area contributed by atoms with Crippen molar-refractivity contribution in [3.05, 3.63) is 21.3 Å². The van der Waals surface area contributed by atoms with E-state index in [1.54, 1.807) is 6.07 Å². The van der Waals surface area contributed by atoms with Crippen molar-refractivity contribution in [3.63, 3.8) is 0 Å². The Morgan fingerprint density at radius 1 is 1.17 bits per heavy atom. The van der Waals surface area contributed by atoms with Crippen LogP contribution in [0.5, 0.6) is 0 Å². The van der Waals surface area contributed by atoms with Crippen LogP contribution in [0.15, 0.2) is 6.07 Å². The van der Waals surface area contributed by atoms with Crippen molar-refractivity contribution in [3.8, 4) is 0 Å². The molecule has 2 rings (SSSR count). The molecule has 1 aromatic heterocycles. The summed E-state index contributed by atoms with van der Waals surface area (Å²) in [6.07, 6.45) is 6.63. The second kappa shape index (κ2) is 6.31. The van der Waals surface area contributed by atoms with Crippen LogP contribution in [0.4, 0.5) is 5.82 Å². The average molecular weight is 308 g/mol. The molecule has 2 nitrogen and oxygen atoms in total. The Labute approximate surface area is 123 Å². The highest BCUT2D eigenvalue weighted by Crippen LogP contribution is 2.32. The Morgan fingerprint density at radius 3 is 2.50 bits per heavy atom. The standard InChI is InChI=1S/C13H17Cl3N2/c1-18(8-9-5-3-2-4-6-9)13-11(15)7-10(14)12(16)17-13/h7,9H,2-6,8H2,1H3. The fourth-order valence-corrected chi connectivity index (χ4v) is 3.18. The van der Waals surface area contributed by atoms with Crippen molar-refractivity contribution >= 4 is 40.6 Å². The van der Waals surface area contributed by atoms with Gasteiger partial charge in [-0.3, -0.25) is 0 Å². The van der Waals surface area contributed by atoms with Crippen LogP contribution in [0.1, 0.15) is 32.1 Å². The summed E-state index contributed by atoms with van der Waals surface area (Å²) in [5.74, 6) is 1.45. The number of hydrogen-bond donors (Lipinski definition) is 0. The molecule has 0 aromatic carbocycles. The highest BCUT2D eigenvalue weighted by Gasteiger charge is 2.18. The molecule has 0 saturated heterocycles. The van der Waals surface area contributed by atoms with Gasteiger partial charge in [0, 0.05) is 13.6 Å². The number of nitrogens with zero attached hydrogens (tertiary/aromatic N) is 2. The van der Waals surface area contributed by atoms with E-state index < -0.39 is 0 Å². The second-order valence-electron chi connectivity index (χ2n) is 4.95. The lowest BCUT2D eigenvalue weighted by Crippen LogP contribution is -2.27. The van der Waals surface area contributed by atoms with Gasteiger partial charge in [-0.2, -0.15) is 0 Å². The lowest BCUT2D eigenvalue weighted by atomic mass is 9.89. The van der Waals surface area contributed by atoms with Crippen LogP contribution in [0.25, 0.3) is 0 Å². The van der Waals surface area contributed by atoms with Crippen LogP contribution in [0.3, 0.4) is 0 Å². The van der Waals surface area contributed by atoms with E-state index in [-0.39, 0.29) is 0 Å². The average Bonchev–Trinajstić information content (AvgIpc) is 2.35. The van der Waals surface area contributed by atoms with Crippen molar-refractivity contribution in [1.29, 1.82) is 0 Å². The molecule has 0 spiro atoms. The number of anilines is 1. The van der Waals surface area contributed by atoms with Crippen LogP contribution >= 0.6 is 34.8 Å². The largest absolute Gasteiger partial charge is 0.358 e. The zero-order valence-electron chi connectivity index (χ0n) is 10.4. The van der Waals surface area contributed by atoms with E-state index in [2.05, 4.69) is 9.88 Å². The lowest BCUT2D eigenvalue weighted by Gasteiger charge is -2.28. The van der Waals surface area contributed by atoms with E-state index in [1.807, 2.05) is 7.05 Å². The SMILES string of the molecule is CN(CC1CCCCC1)c1nc(Cl)c(Cl)cc1Cl. The van der Waals surface area contributed by atoms with E-state index in [1.165, 1.54) is 32.1 Å². The molecule has 0 radical (unpaired) electrons. The first-order chi connectivity index (χ1) is 8.58. The maximum Gasteiger partial charge on any atom is 0.150 e. The van der Waals surface area contributed by atoms with Gasteiger partial charge in [0.05, 0.1) is 10.0 Å². The topological polar surface area (TPSA) is 16.1 Å².